The first-order valence-corrected chi connectivity index (χ1v) is 7.78. The fourth-order valence-electron chi connectivity index (χ4n) is 2.93. The van der Waals surface area contributed by atoms with E-state index in [1.54, 1.807) is 24.3 Å². The van der Waals surface area contributed by atoms with E-state index in [1.807, 2.05) is 31.2 Å². The van der Waals surface area contributed by atoms with Crippen LogP contribution in [0, 0.1) is 6.92 Å². The van der Waals surface area contributed by atoms with E-state index in [-0.39, 0.29) is 23.5 Å². The molecule has 1 aromatic heterocycles. The van der Waals surface area contributed by atoms with Crippen LogP contribution < -0.4 is 5.63 Å². The maximum Gasteiger partial charge on any atom is 0.343 e. The van der Waals surface area contributed by atoms with Crippen molar-refractivity contribution in [1.29, 1.82) is 0 Å². The minimum absolute atomic E-state index is 0.0625. The number of aryl methyl sites for hydroxylation is 1. The SMILES string of the molecule is CC(=O)C[C@@H](c1ccc(C)cc1)c1c(O)c2ccccc2oc1=O. The average Bonchev–Trinajstić information content (AvgIpc) is 2.54. The van der Waals surface area contributed by atoms with Crippen LogP contribution in [0.5, 0.6) is 5.75 Å². The number of aromatic hydroxyl groups is 1. The Morgan fingerprint density at radius 3 is 2.46 bits per heavy atom. The van der Waals surface area contributed by atoms with Gasteiger partial charge < -0.3 is 9.52 Å². The topological polar surface area (TPSA) is 67.5 Å². The van der Waals surface area contributed by atoms with Crippen LogP contribution in [-0.2, 0) is 4.79 Å². The van der Waals surface area contributed by atoms with Gasteiger partial charge in [0.05, 0.1) is 10.9 Å². The van der Waals surface area contributed by atoms with Gasteiger partial charge in [-0.1, -0.05) is 42.0 Å². The summed E-state index contributed by atoms with van der Waals surface area (Å²) in [5, 5.41) is 11.1. The highest BCUT2D eigenvalue weighted by molar-refractivity contribution is 5.85. The van der Waals surface area contributed by atoms with Gasteiger partial charge in [0.2, 0.25) is 0 Å². The van der Waals surface area contributed by atoms with Gasteiger partial charge in [-0.25, -0.2) is 4.79 Å². The molecule has 122 valence electrons. The molecule has 1 N–H and O–H groups in total. The summed E-state index contributed by atoms with van der Waals surface area (Å²) in [5.41, 5.74) is 1.73. The highest BCUT2D eigenvalue weighted by Crippen LogP contribution is 2.36. The molecule has 0 saturated carbocycles. The zero-order valence-electron chi connectivity index (χ0n) is 13.6. The van der Waals surface area contributed by atoms with Crippen LogP contribution in [0.4, 0.5) is 0 Å². The lowest BCUT2D eigenvalue weighted by atomic mass is 9.86. The van der Waals surface area contributed by atoms with Crippen LogP contribution >= 0.6 is 0 Å². The number of hydrogen-bond donors (Lipinski definition) is 1. The lowest BCUT2D eigenvalue weighted by molar-refractivity contribution is -0.117. The van der Waals surface area contributed by atoms with Crippen LogP contribution in [0.3, 0.4) is 0 Å². The molecule has 4 nitrogen and oxygen atoms in total. The van der Waals surface area contributed by atoms with Crippen molar-refractivity contribution in [3.63, 3.8) is 0 Å². The third kappa shape index (κ3) is 2.95. The Morgan fingerprint density at radius 1 is 1.12 bits per heavy atom. The highest BCUT2D eigenvalue weighted by atomic mass is 16.4. The first kappa shape index (κ1) is 16.0. The fourth-order valence-corrected chi connectivity index (χ4v) is 2.93. The van der Waals surface area contributed by atoms with Crippen molar-refractivity contribution >= 4 is 16.8 Å². The Bertz CT molecular complexity index is 952. The second kappa shape index (κ2) is 6.32. The zero-order valence-corrected chi connectivity index (χ0v) is 13.6. The van der Waals surface area contributed by atoms with E-state index < -0.39 is 11.5 Å². The molecule has 1 heterocycles. The minimum Gasteiger partial charge on any atom is -0.507 e. The van der Waals surface area contributed by atoms with Crippen molar-refractivity contribution in [3.8, 4) is 5.75 Å². The molecule has 0 fully saturated rings. The molecule has 0 unspecified atom stereocenters. The van der Waals surface area contributed by atoms with Crippen LogP contribution in [0.15, 0.2) is 57.7 Å². The first-order valence-electron chi connectivity index (χ1n) is 7.78. The molecule has 0 aliphatic carbocycles. The van der Waals surface area contributed by atoms with Gasteiger partial charge in [0.25, 0.3) is 0 Å². The largest absolute Gasteiger partial charge is 0.507 e. The summed E-state index contributed by atoms with van der Waals surface area (Å²) in [7, 11) is 0. The van der Waals surface area contributed by atoms with Crippen LogP contribution in [0.25, 0.3) is 11.0 Å². The summed E-state index contributed by atoms with van der Waals surface area (Å²) in [5.74, 6) is -0.717. The van der Waals surface area contributed by atoms with Crippen LogP contribution in [0.1, 0.15) is 36.0 Å². The molecule has 3 aromatic rings. The normalized spacial score (nSPS) is 12.2. The van der Waals surface area contributed by atoms with Gasteiger partial charge in [0.1, 0.15) is 17.1 Å². The van der Waals surface area contributed by atoms with Gasteiger partial charge >= 0.3 is 5.63 Å². The zero-order chi connectivity index (χ0) is 17.3. The smallest absolute Gasteiger partial charge is 0.343 e. The molecule has 3 rings (SSSR count). The molecule has 0 radical (unpaired) electrons. The van der Waals surface area contributed by atoms with Gasteiger partial charge in [-0.05, 0) is 31.5 Å². The molecule has 0 aliphatic rings. The molecule has 0 bridgehead atoms. The molecule has 24 heavy (non-hydrogen) atoms. The van der Waals surface area contributed by atoms with E-state index in [9.17, 15) is 14.7 Å². The molecule has 0 amide bonds. The van der Waals surface area contributed by atoms with E-state index in [4.69, 9.17) is 4.42 Å². The van der Waals surface area contributed by atoms with Gasteiger partial charge in [-0.15, -0.1) is 0 Å². The first-order chi connectivity index (χ1) is 11.5. The van der Waals surface area contributed by atoms with Crippen LogP contribution in [-0.4, -0.2) is 10.9 Å². The van der Waals surface area contributed by atoms with Gasteiger partial charge in [0, 0.05) is 12.3 Å². The Labute approximate surface area is 139 Å². The van der Waals surface area contributed by atoms with E-state index in [0.717, 1.165) is 11.1 Å². The summed E-state index contributed by atoms with van der Waals surface area (Å²) in [6, 6.07) is 14.4. The molecule has 0 spiro atoms. The van der Waals surface area contributed by atoms with Gasteiger partial charge in [-0.3, -0.25) is 4.79 Å². The second-order valence-electron chi connectivity index (χ2n) is 6.02. The lowest BCUT2D eigenvalue weighted by Gasteiger charge is -2.17. The Balaban J connectivity index is 2.24. The standard InChI is InChI=1S/C20H18O4/c1-12-7-9-14(10-8-12)16(11-13(2)21)18-19(22)15-5-3-4-6-17(15)24-20(18)23/h3-10,16,22H,11H2,1-2H3/t16-/m0/s1. The molecular formula is C20H18O4. The lowest BCUT2D eigenvalue weighted by Crippen LogP contribution is -2.16. The van der Waals surface area contributed by atoms with Crippen molar-refractivity contribution in [3.05, 3.63) is 75.6 Å². The number of rotatable bonds is 4. The molecule has 0 saturated heterocycles. The Hall–Kier alpha value is -2.88. The van der Waals surface area contributed by atoms with Gasteiger partial charge in [-0.2, -0.15) is 0 Å². The van der Waals surface area contributed by atoms with Gasteiger partial charge in [0.15, 0.2) is 0 Å². The number of ketones is 1. The van der Waals surface area contributed by atoms with Crippen molar-refractivity contribution < 1.29 is 14.3 Å². The summed E-state index contributed by atoms with van der Waals surface area (Å²) in [4.78, 5) is 24.2. The summed E-state index contributed by atoms with van der Waals surface area (Å²) in [6.45, 7) is 3.44. The Morgan fingerprint density at radius 2 is 1.79 bits per heavy atom. The summed E-state index contributed by atoms with van der Waals surface area (Å²) >= 11 is 0. The molecular weight excluding hydrogens is 304 g/mol. The van der Waals surface area contributed by atoms with Crippen molar-refractivity contribution in [2.75, 3.05) is 0 Å². The molecule has 2 aromatic carbocycles. The predicted octanol–water partition coefficient (Wildman–Crippen LogP) is 3.92. The predicted molar refractivity (Wildman–Crippen MR) is 92.5 cm³/mol. The maximum absolute atomic E-state index is 12.5. The quantitative estimate of drug-likeness (QED) is 0.739. The number of fused-ring (bicyclic) bond motifs is 1. The fraction of sp³-hybridized carbons (Fsp3) is 0.200. The maximum atomic E-state index is 12.5. The Kier molecular flexibility index (Phi) is 4.21. The third-order valence-electron chi connectivity index (χ3n) is 4.14. The molecule has 0 aliphatic heterocycles. The van der Waals surface area contributed by atoms with E-state index in [0.29, 0.717) is 11.0 Å². The number of carbonyl (C=O) groups is 1. The number of benzene rings is 2. The molecule has 1 atom stereocenters. The van der Waals surface area contributed by atoms with Crippen molar-refractivity contribution in [1.82, 2.24) is 0 Å². The van der Waals surface area contributed by atoms with Crippen molar-refractivity contribution in [2.45, 2.75) is 26.2 Å². The third-order valence-corrected chi connectivity index (χ3v) is 4.14. The summed E-state index contributed by atoms with van der Waals surface area (Å²) in [6.07, 6.45) is 0.125. The van der Waals surface area contributed by atoms with E-state index >= 15 is 0 Å². The highest BCUT2D eigenvalue weighted by Gasteiger charge is 2.25. The monoisotopic (exact) mass is 322 g/mol. The molecule has 4 heteroatoms. The van der Waals surface area contributed by atoms with Crippen molar-refractivity contribution in [2.24, 2.45) is 0 Å². The number of carbonyl (C=O) groups excluding carboxylic acids is 1. The van der Waals surface area contributed by atoms with E-state index in [1.165, 1.54) is 6.92 Å². The number of para-hydroxylation sites is 1. The minimum atomic E-state index is -0.613. The summed E-state index contributed by atoms with van der Waals surface area (Å²) < 4.78 is 5.35. The number of hydrogen-bond acceptors (Lipinski definition) is 4. The van der Waals surface area contributed by atoms with Crippen LogP contribution in [0.2, 0.25) is 0 Å². The van der Waals surface area contributed by atoms with E-state index in [2.05, 4.69) is 0 Å². The number of Topliss-reactive ketones (excluding diaryl/α,β-unsaturated/α-hetero) is 1. The average molecular weight is 322 g/mol. The second-order valence-corrected chi connectivity index (χ2v) is 6.02.